The van der Waals surface area contributed by atoms with Gasteiger partial charge in [0, 0.05) is 12.6 Å². The Morgan fingerprint density at radius 3 is 2.50 bits per heavy atom. The van der Waals surface area contributed by atoms with Crippen molar-refractivity contribution >= 4 is 5.97 Å². The van der Waals surface area contributed by atoms with Crippen molar-refractivity contribution in [3.8, 4) is 5.75 Å². The second-order valence-electron chi connectivity index (χ2n) is 4.26. The molecule has 0 aliphatic heterocycles. The van der Waals surface area contributed by atoms with Crippen molar-refractivity contribution in [2.75, 3.05) is 19.7 Å². The van der Waals surface area contributed by atoms with Crippen LogP contribution in [0, 0.1) is 5.82 Å². The Balaban J connectivity index is 2.38. The molecule has 0 atom stereocenters. The number of rotatable bonds is 7. The molecule has 1 aromatic rings. The van der Waals surface area contributed by atoms with Gasteiger partial charge in [-0.1, -0.05) is 0 Å². The van der Waals surface area contributed by atoms with Gasteiger partial charge >= 0.3 is 5.97 Å². The van der Waals surface area contributed by atoms with Crippen LogP contribution in [0.15, 0.2) is 24.3 Å². The van der Waals surface area contributed by atoms with E-state index >= 15 is 0 Å². The maximum Gasteiger partial charge on any atom is 0.317 e. The lowest BCUT2D eigenvalue weighted by molar-refractivity contribution is -0.138. The molecule has 0 aromatic heterocycles. The van der Waals surface area contributed by atoms with Gasteiger partial charge in [0.05, 0.1) is 6.54 Å². The van der Waals surface area contributed by atoms with Gasteiger partial charge in [-0.3, -0.25) is 9.69 Å². The second kappa shape index (κ2) is 6.96. The van der Waals surface area contributed by atoms with E-state index in [1.807, 2.05) is 13.8 Å². The zero-order chi connectivity index (χ0) is 13.5. The van der Waals surface area contributed by atoms with Crippen LogP contribution in [0.4, 0.5) is 4.39 Å². The van der Waals surface area contributed by atoms with Crippen molar-refractivity contribution in [2.24, 2.45) is 0 Å². The van der Waals surface area contributed by atoms with Crippen molar-refractivity contribution in [3.05, 3.63) is 30.1 Å². The fourth-order valence-electron chi connectivity index (χ4n) is 1.51. The molecule has 0 heterocycles. The van der Waals surface area contributed by atoms with Gasteiger partial charge in [-0.2, -0.15) is 0 Å². The quantitative estimate of drug-likeness (QED) is 0.809. The summed E-state index contributed by atoms with van der Waals surface area (Å²) in [7, 11) is 0. The van der Waals surface area contributed by atoms with E-state index < -0.39 is 5.97 Å². The van der Waals surface area contributed by atoms with Crippen LogP contribution >= 0.6 is 0 Å². The smallest absolute Gasteiger partial charge is 0.317 e. The minimum Gasteiger partial charge on any atom is -0.492 e. The highest BCUT2D eigenvalue weighted by Gasteiger charge is 2.12. The number of hydrogen-bond donors (Lipinski definition) is 1. The highest BCUT2D eigenvalue weighted by Crippen LogP contribution is 2.11. The topological polar surface area (TPSA) is 49.8 Å². The monoisotopic (exact) mass is 255 g/mol. The summed E-state index contributed by atoms with van der Waals surface area (Å²) in [4.78, 5) is 12.5. The molecule has 0 unspecified atom stereocenters. The van der Waals surface area contributed by atoms with Crippen LogP contribution in [0.5, 0.6) is 5.75 Å². The number of benzene rings is 1. The molecule has 0 amide bonds. The summed E-state index contributed by atoms with van der Waals surface area (Å²) in [6.07, 6.45) is 0. The van der Waals surface area contributed by atoms with Crippen LogP contribution in [-0.4, -0.2) is 41.7 Å². The van der Waals surface area contributed by atoms with Gasteiger partial charge in [-0.05, 0) is 38.1 Å². The van der Waals surface area contributed by atoms with Gasteiger partial charge in [0.1, 0.15) is 18.2 Å². The average molecular weight is 255 g/mol. The van der Waals surface area contributed by atoms with Crippen molar-refractivity contribution in [2.45, 2.75) is 19.9 Å². The summed E-state index contributed by atoms with van der Waals surface area (Å²) >= 11 is 0. The number of halogens is 1. The third kappa shape index (κ3) is 5.14. The lowest BCUT2D eigenvalue weighted by Crippen LogP contribution is -2.38. The fourth-order valence-corrected chi connectivity index (χ4v) is 1.51. The van der Waals surface area contributed by atoms with Gasteiger partial charge in [0.15, 0.2) is 0 Å². The average Bonchev–Trinajstić information content (AvgIpc) is 2.29. The minimum atomic E-state index is -0.856. The van der Waals surface area contributed by atoms with Crippen LogP contribution < -0.4 is 4.74 Å². The summed E-state index contributed by atoms with van der Waals surface area (Å²) < 4.78 is 18.1. The molecule has 0 saturated carbocycles. The number of carboxylic acid groups (broad SMARTS) is 1. The molecular weight excluding hydrogens is 237 g/mol. The van der Waals surface area contributed by atoms with E-state index in [2.05, 4.69) is 0 Å². The molecule has 5 heteroatoms. The summed E-state index contributed by atoms with van der Waals surface area (Å²) in [6.45, 7) is 4.74. The molecular formula is C13H18FNO3. The highest BCUT2D eigenvalue weighted by atomic mass is 19.1. The predicted molar refractivity (Wildman–Crippen MR) is 66.2 cm³/mol. The first-order valence-electron chi connectivity index (χ1n) is 5.83. The Morgan fingerprint density at radius 2 is 2.00 bits per heavy atom. The van der Waals surface area contributed by atoms with E-state index in [4.69, 9.17) is 9.84 Å². The molecule has 0 aliphatic rings. The third-order valence-electron chi connectivity index (χ3n) is 2.53. The molecule has 0 bridgehead atoms. The van der Waals surface area contributed by atoms with Gasteiger partial charge < -0.3 is 9.84 Å². The van der Waals surface area contributed by atoms with E-state index in [0.717, 1.165) is 0 Å². The number of nitrogens with zero attached hydrogens (tertiary/aromatic N) is 1. The fraction of sp³-hybridized carbons (Fsp3) is 0.462. The SMILES string of the molecule is CC(C)N(CCOc1ccc(F)cc1)CC(=O)O. The molecule has 0 saturated heterocycles. The van der Waals surface area contributed by atoms with Crippen molar-refractivity contribution in [3.63, 3.8) is 0 Å². The van der Waals surface area contributed by atoms with E-state index in [9.17, 15) is 9.18 Å². The molecule has 1 rings (SSSR count). The molecule has 0 fully saturated rings. The molecule has 0 aliphatic carbocycles. The van der Waals surface area contributed by atoms with Gasteiger partial charge in [-0.25, -0.2) is 4.39 Å². The number of aliphatic carboxylic acids is 1. The standard InChI is InChI=1S/C13H18FNO3/c1-10(2)15(9-13(16)17)7-8-18-12-5-3-11(14)4-6-12/h3-6,10H,7-9H2,1-2H3,(H,16,17). The van der Waals surface area contributed by atoms with Gasteiger partial charge in [-0.15, -0.1) is 0 Å². The van der Waals surface area contributed by atoms with Crippen LogP contribution in [0.3, 0.4) is 0 Å². The second-order valence-corrected chi connectivity index (χ2v) is 4.26. The molecule has 1 N–H and O–H groups in total. The molecule has 0 radical (unpaired) electrons. The third-order valence-corrected chi connectivity index (χ3v) is 2.53. The zero-order valence-electron chi connectivity index (χ0n) is 10.6. The first-order chi connectivity index (χ1) is 8.49. The van der Waals surface area contributed by atoms with Gasteiger partial charge in [0.25, 0.3) is 0 Å². The lowest BCUT2D eigenvalue weighted by atomic mass is 10.3. The van der Waals surface area contributed by atoms with E-state index in [-0.39, 0.29) is 18.4 Å². The first-order valence-corrected chi connectivity index (χ1v) is 5.83. The minimum absolute atomic E-state index is 0.00948. The van der Waals surface area contributed by atoms with E-state index in [1.54, 1.807) is 17.0 Å². The Kier molecular flexibility index (Phi) is 5.58. The number of carboxylic acids is 1. The van der Waals surface area contributed by atoms with Crippen molar-refractivity contribution < 1.29 is 19.0 Å². The van der Waals surface area contributed by atoms with Crippen molar-refractivity contribution in [1.82, 2.24) is 4.90 Å². The Hall–Kier alpha value is -1.62. The maximum atomic E-state index is 12.7. The van der Waals surface area contributed by atoms with Crippen LogP contribution in [0.2, 0.25) is 0 Å². The van der Waals surface area contributed by atoms with Crippen molar-refractivity contribution in [1.29, 1.82) is 0 Å². The van der Waals surface area contributed by atoms with E-state index in [1.165, 1.54) is 12.1 Å². The van der Waals surface area contributed by atoms with Crippen LogP contribution in [0.25, 0.3) is 0 Å². The molecule has 1 aromatic carbocycles. The summed E-state index contributed by atoms with van der Waals surface area (Å²) in [5.74, 6) is -0.585. The van der Waals surface area contributed by atoms with Gasteiger partial charge in [0.2, 0.25) is 0 Å². The largest absolute Gasteiger partial charge is 0.492 e. The highest BCUT2D eigenvalue weighted by molar-refractivity contribution is 5.69. The molecule has 100 valence electrons. The predicted octanol–water partition coefficient (Wildman–Crippen LogP) is 2.00. The van der Waals surface area contributed by atoms with E-state index in [0.29, 0.717) is 18.9 Å². The molecule has 18 heavy (non-hydrogen) atoms. The first kappa shape index (κ1) is 14.4. The Labute approximate surface area is 106 Å². The number of ether oxygens (including phenoxy) is 1. The molecule has 4 nitrogen and oxygen atoms in total. The number of carbonyl (C=O) groups is 1. The Bertz CT molecular complexity index is 378. The summed E-state index contributed by atoms with van der Waals surface area (Å²) in [5.41, 5.74) is 0. The lowest BCUT2D eigenvalue weighted by Gasteiger charge is -2.24. The number of hydrogen-bond acceptors (Lipinski definition) is 3. The Morgan fingerprint density at radius 1 is 1.39 bits per heavy atom. The normalized spacial score (nSPS) is 10.9. The summed E-state index contributed by atoms with van der Waals surface area (Å²) in [5, 5.41) is 8.76. The van der Waals surface area contributed by atoms with Crippen LogP contribution in [0.1, 0.15) is 13.8 Å². The summed E-state index contributed by atoms with van der Waals surface area (Å²) in [6, 6.07) is 5.89. The van der Waals surface area contributed by atoms with Crippen LogP contribution in [-0.2, 0) is 4.79 Å². The molecule has 0 spiro atoms. The maximum absolute atomic E-state index is 12.7. The zero-order valence-corrected chi connectivity index (χ0v) is 10.6.